The number of benzene rings is 2. The lowest BCUT2D eigenvalue weighted by Gasteiger charge is -2.29. The first kappa shape index (κ1) is 23.8. The zero-order chi connectivity index (χ0) is 23.1. The van der Waals surface area contributed by atoms with E-state index in [0.29, 0.717) is 30.9 Å². The Bertz CT molecular complexity index is 1020. The van der Waals surface area contributed by atoms with E-state index in [1.54, 1.807) is 29.2 Å². The van der Waals surface area contributed by atoms with Gasteiger partial charge in [-0.2, -0.15) is 0 Å². The second kappa shape index (κ2) is 10.6. The monoisotopic (exact) mass is 459 g/mol. The maximum absolute atomic E-state index is 12.7. The summed E-state index contributed by atoms with van der Waals surface area (Å²) >= 11 is 0. The molecule has 0 aliphatic carbocycles. The smallest absolute Gasteiger partial charge is 0.338 e. The fourth-order valence-electron chi connectivity index (χ4n) is 3.59. The van der Waals surface area contributed by atoms with Gasteiger partial charge in [-0.05, 0) is 42.2 Å². The van der Waals surface area contributed by atoms with Crippen molar-refractivity contribution >= 4 is 21.7 Å². The van der Waals surface area contributed by atoms with E-state index < -0.39 is 22.4 Å². The summed E-state index contributed by atoms with van der Waals surface area (Å²) < 4.78 is 34.6. The van der Waals surface area contributed by atoms with E-state index in [-0.39, 0.29) is 29.4 Å². The van der Waals surface area contributed by atoms with Gasteiger partial charge in [-0.1, -0.05) is 44.2 Å². The average Bonchev–Trinajstić information content (AvgIpc) is 3.14. The number of hydrogen-bond donors (Lipinski definition) is 0. The first-order valence-electron chi connectivity index (χ1n) is 10.7. The molecule has 2 aromatic rings. The standard InChI is InChI=1S/C24H29NO6S/c1-18(2)14-25(21-12-13-32(28,29)17-21)23(26)16-31-24(27)20-8-10-22(11-9-20)30-15-19-6-4-3-5-7-19/h3-11,18,21H,12-17H2,1-2H3. The molecule has 1 amide bonds. The van der Waals surface area contributed by atoms with E-state index in [1.165, 1.54) is 0 Å². The van der Waals surface area contributed by atoms with Crippen LogP contribution in [-0.4, -0.2) is 55.9 Å². The molecule has 1 atom stereocenters. The minimum atomic E-state index is -3.12. The third kappa shape index (κ3) is 6.82. The number of esters is 1. The van der Waals surface area contributed by atoms with Crippen molar-refractivity contribution in [3.8, 4) is 5.75 Å². The molecular formula is C24H29NO6S. The number of carbonyl (C=O) groups excluding carboxylic acids is 2. The first-order chi connectivity index (χ1) is 15.2. The molecule has 1 heterocycles. The SMILES string of the molecule is CC(C)CN(C(=O)COC(=O)c1ccc(OCc2ccccc2)cc1)C1CCS(=O)(=O)C1. The van der Waals surface area contributed by atoms with Gasteiger partial charge in [-0.3, -0.25) is 4.79 Å². The second-order valence-corrected chi connectivity index (χ2v) is 10.6. The Kier molecular flexibility index (Phi) is 7.90. The lowest BCUT2D eigenvalue weighted by Crippen LogP contribution is -2.45. The molecule has 2 aromatic carbocycles. The first-order valence-corrected chi connectivity index (χ1v) is 12.5. The summed E-state index contributed by atoms with van der Waals surface area (Å²) in [5.41, 5.74) is 1.35. The Morgan fingerprint density at radius 2 is 1.75 bits per heavy atom. The van der Waals surface area contributed by atoms with Gasteiger partial charge in [0.05, 0.1) is 17.1 Å². The van der Waals surface area contributed by atoms with Crippen molar-refractivity contribution < 1.29 is 27.5 Å². The average molecular weight is 460 g/mol. The highest BCUT2D eigenvalue weighted by atomic mass is 32.2. The third-order valence-electron chi connectivity index (χ3n) is 5.20. The molecule has 0 spiro atoms. The Morgan fingerprint density at radius 3 is 2.34 bits per heavy atom. The summed E-state index contributed by atoms with van der Waals surface area (Å²) in [6.07, 6.45) is 0.416. The fourth-order valence-corrected chi connectivity index (χ4v) is 5.32. The minimum Gasteiger partial charge on any atom is -0.489 e. The van der Waals surface area contributed by atoms with Crippen LogP contribution in [0.4, 0.5) is 0 Å². The summed E-state index contributed by atoms with van der Waals surface area (Å²) in [6, 6.07) is 15.9. The van der Waals surface area contributed by atoms with Crippen molar-refractivity contribution in [2.24, 2.45) is 5.92 Å². The number of nitrogens with zero attached hydrogens (tertiary/aromatic N) is 1. The molecule has 1 unspecified atom stereocenters. The van der Waals surface area contributed by atoms with Gasteiger partial charge < -0.3 is 14.4 Å². The second-order valence-electron chi connectivity index (χ2n) is 8.37. The van der Waals surface area contributed by atoms with E-state index in [0.717, 1.165) is 5.56 Å². The maximum Gasteiger partial charge on any atom is 0.338 e. The van der Waals surface area contributed by atoms with Crippen LogP contribution in [0.25, 0.3) is 0 Å². The quantitative estimate of drug-likeness (QED) is 0.536. The van der Waals surface area contributed by atoms with Gasteiger partial charge in [0.15, 0.2) is 16.4 Å². The number of sulfone groups is 1. The molecule has 172 valence electrons. The van der Waals surface area contributed by atoms with E-state index in [2.05, 4.69) is 0 Å². The Hall–Kier alpha value is -2.87. The molecule has 32 heavy (non-hydrogen) atoms. The number of hydrogen-bond acceptors (Lipinski definition) is 6. The van der Waals surface area contributed by atoms with Crippen LogP contribution in [0.2, 0.25) is 0 Å². The summed E-state index contributed by atoms with van der Waals surface area (Å²) in [5, 5.41) is 0. The number of ether oxygens (including phenoxy) is 2. The van der Waals surface area contributed by atoms with Crippen LogP contribution in [0.15, 0.2) is 54.6 Å². The van der Waals surface area contributed by atoms with Gasteiger partial charge in [0.2, 0.25) is 0 Å². The molecule has 0 aromatic heterocycles. The van der Waals surface area contributed by atoms with Gasteiger partial charge in [0.1, 0.15) is 12.4 Å². The van der Waals surface area contributed by atoms with E-state index >= 15 is 0 Å². The molecule has 1 aliphatic heterocycles. The Labute approximate surface area is 189 Å². The summed E-state index contributed by atoms with van der Waals surface area (Å²) in [5.74, 6) is -0.163. The van der Waals surface area contributed by atoms with Crippen LogP contribution in [0.5, 0.6) is 5.75 Å². The zero-order valence-electron chi connectivity index (χ0n) is 18.4. The van der Waals surface area contributed by atoms with Crippen molar-refractivity contribution in [1.29, 1.82) is 0 Å². The minimum absolute atomic E-state index is 0.0378. The normalized spacial score (nSPS) is 17.2. The number of amides is 1. The van der Waals surface area contributed by atoms with Gasteiger partial charge in [-0.15, -0.1) is 0 Å². The third-order valence-corrected chi connectivity index (χ3v) is 6.95. The highest BCUT2D eigenvalue weighted by Crippen LogP contribution is 2.20. The molecule has 1 saturated heterocycles. The zero-order valence-corrected chi connectivity index (χ0v) is 19.2. The Morgan fingerprint density at radius 1 is 1.06 bits per heavy atom. The van der Waals surface area contributed by atoms with Crippen LogP contribution in [-0.2, 0) is 26.0 Å². The van der Waals surface area contributed by atoms with E-state index in [4.69, 9.17) is 9.47 Å². The maximum atomic E-state index is 12.7. The topological polar surface area (TPSA) is 90.0 Å². The molecular weight excluding hydrogens is 430 g/mol. The highest BCUT2D eigenvalue weighted by Gasteiger charge is 2.35. The van der Waals surface area contributed by atoms with Gasteiger partial charge in [-0.25, -0.2) is 13.2 Å². The molecule has 0 N–H and O–H groups in total. The van der Waals surface area contributed by atoms with Crippen LogP contribution >= 0.6 is 0 Å². The lowest BCUT2D eigenvalue weighted by atomic mass is 10.1. The highest BCUT2D eigenvalue weighted by molar-refractivity contribution is 7.91. The van der Waals surface area contributed by atoms with Crippen LogP contribution in [0.3, 0.4) is 0 Å². The van der Waals surface area contributed by atoms with E-state index in [1.807, 2.05) is 44.2 Å². The molecule has 1 fully saturated rings. The molecule has 0 bridgehead atoms. The van der Waals surface area contributed by atoms with Gasteiger partial charge in [0.25, 0.3) is 5.91 Å². The fraction of sp³-hybridized carbons (Fsp3) is 0.417. The molecule has 3 rings (SSSR count). The molecule has 0 saturated carbocycles. The van der Waals surface area contributed by atoms with Crippen molar-refractivity contribution in [1.82, 2.24) is 4.90 Å². The van der Waals surface area contributed by atoms with E-state index in [9.17, 15) is 18.0 Å². The largest absolute Gasteiger partial charge is 0.489 e. The van der Waals surface area contributed by atoms with Crippen LogP contribution in [0.1, 0.15) is 36.2 Å². The predicted octanol–water partition coefficient (Wildman–Crippen LogP) is 3.09. The summed E-state index contributed by atoms with van der Waals surface area (Å²) in [6.45, 7) is 4.33. The van der Waals surface area contributed by atoms with Crippen LogP contribution < -0.4 is 4.74 Å². The summed E-state index contributed by atoms with van der Waals surface area (Å²) in [7, 11) is -3.12. The van der Waals surface area contributed by atoms with Crippen LogP contribution in [0, 0.1) is 5.92 Å². The molecule has 8 heteroatoms. The van der Waals surface area contributed by atoms with Gasteiger partial charge >= 0.3 is 5.97 Å². The van der Waals surface area contributed by atoms with Crippen molar-refractivity contribution in [2.75, 3.05) is 24.7 Å². The Balaban J connectivity index is 1.53. The lowest BCUT2D eigenvalue weighted by molar-refractivity contribution is -0.137. The van der Waals surface area contributed by atoms with Gasteiger partial charge in [0, 0.05) is 12.6 Å². The number of carbonyl (C=O) groups is 2. The molecule has 1 aliphatic rings. The van der Waals surface area contributed by atoms with Crippen molar-refractivity contribution in [2.45, 2.75) is 32.9 Å². The molecule has 7 nitrogen and oxygen atoms in total. The van der Waals surface area contributed by atoms with Crippen molar-refractivity contribution in [3.05, 3.63) is 65.7 Å². The molecule has 0 radical (unpaired) electrons. The van der Waals surface area contributed by atoms with Crippen molar-refractivity contribution in [3.63, 3.8) is 0 Å². The number of rotatable bonds is 9. The predicted molar refractivity (Wildman–Crippen MR) is 121 cm³/mol. The summed E-state index contributed by atoms with van der Waals surface area (Å²) in [4.78, 5) is 26.6.